The van der Waals surface area contributed by atoms with E-state index >= 15 is 0 Å². The lowest BCUT2D eigenvalue weighted by Crippen LogP contribution is -2.10. The van der Waals surface area contributed by atoms with Crippen molar-refractivity contribution in [3.8, 4) is 5.82 Å². The molecule has 0 spiro atoms. The summed E-state index contributed by atoms with van der Waals surface area (Å²) in [5.41, 5.74) is 5.49. The fraction of sp³-hybridized carbons (Fsp3) is 0.375. The van der Waals surface area contributed by atoms with E-state index in [4.69, 9.17) is 5.73 Å². The Morgan fingerprint density at radius 1 is 1.50 bits per heavy atom. The number of nitrogens with zero attached hydrogens (tertiary/aromatic N) is 5. The molecule has 6 nitrogen and oxygen atoms in total. The van der Waals surface area contributed by atoms with Gasteiger partial charge in [-0.3, -0.25) is 4.57 Å². The second-order valence-electron chi connectivity index (χ2n) is 2.97. The standard InChI is InChI=1S/C8H12N6/c1-13-8(6-11-12-13)14-5-4-10-7(14)2-3-9/h4-6H,2-3,9H2,1H3. The lowest BCUT2D eigenvalue weighted by Gasteiger charge is -2.05. The van der Waals surface area contributed by atoms with E-state index < -0.39 is 0 Å². The van der Waals surface area contributed by atoms with Gasteiger partial charge in [0.05, 0.1) is 6.20 Å². The Kier molecular flexibility index (Phi) is 2.28. The third kappa shape index (κ3) is 1.39. The monoisotopic (exact) mass is 192 g/mol. The zero-order chi connectivity index (χ0) is 9.97. The highest BCUT2D eigenvalue weighted by Crippen LogP contribution is 2.07. The molecule has 0 aliphatic carbocycles. The normalized spacial score (nSPS) is 10.7. The number of aromatic nitrogens is 5. The highest BCUT2D eigenvalue weighted by molar-refractivity contribution is 5.20. The molecule has 6 heteroatoms. The molecular weight excluding hydrogens is 180 g/mol. The number of imidazole rings is 1. The quantitative estimate of drug-likeness (QED) is 0.711. The lowest BCUT2D eigenvalue weighted by molar-refractivity contribution is 0.680. The van der Waals surface area contributed by atoms with E-state index in [2.05, 4.69) is 15.3 Å². The molecule has 0 aliphatic rings. The summed E-state index contributed by atoms with van der Waals surface area (Å²) in [6.45, 7) is 0.586. The first-order valence-electron chi connectivity index (χ1n) is 4.40. The van der Waals surface area contributed by atoms with Gasteiger partial charge in [0.1, 0.15) is 5.82 Å². The van der Waals surface area contributed by atoms with Crippen LogP contribution in [-0.2, 0) is 13.5 Å². The Morgan fingerprint density at radius 2 is 2.36 bits per heavy atom. The molecule has 2 aromatic heterocycles. The number of aryl methyl sites for hydroxylation is 1. The highest BCUT2D eigenvalue weighted by Gasteiger charge is 2.07. The SMILES string of the molecule is Cn1nncc1-n1ccnc1CCN. The van der Waals surface area contributed by atoms with Crippen molar-refractivity contribution in [2.45, 2.75) is 6.42 Å². The van der Waals surface area contributed by atoms with Gasteiger partial charge in [0.15, 0.2) is 5.82 Å². The van der Waals surface area contributed by atoms with Crippen molar-refractivity contribution >= 4 is 0 Å². The third-order valence-electron chi connectivity index (χ3n) is 2.02. The van der Waals surface area contributed by atoms with E-state index in [-0.39, 0.29) is 0 Å². The second-order valence-corrected chi connectivity index (χ2v) is 2.97. The maximum atomic E-state index is 5.49. The first-order chi connectivity index (χ1) is 6.83. The van der Waals surface area contributed by atoms with Gasteiger partial charge in [0, 0.05) is 25.9 Å². The van der Waals surface area contributed by atoms with Crippen molar-refractivity contribution in [1.82, 2.24) is 24.5 Å². The van der Waals surface area contributed by atoms with Gasteiger partial charge >= 0.3 is 0 Å². The van der Waals surface area contributed by atoms with E-state index in [9.17, 15) is 0 Å². The first kappa shape index (κ1) is 8.89. The van der Waals surface area contributed by atoms with Crippen LogP contribution in [-0.4, -0.2) is 31.1 Å². The summed E-state index contributed by atoms with van der Waals surface area (Å²) >= 11 is 0. The van der Waals surface area contributed by atoms with E-state index in [0.29, 0.717) is 6.54 Å². The summed E-state index contributed by atoms with van der Waals surface area (Å²) < 4.78 is 3.63. The molecule has 0 amide bonds. The third-order valence-corrected chi connectivity index (χ3v) is 2.02. The summed E-state index contributed by atoms with van der Waals surface area (Å²) in [5, 5.41) is 7.67. The largest absolute Gasteiger partial charge is 0.330 e. The van der Waals surface area contributed by atoms with Crippen LogP contribution in [0.25, 0.3) is 5.82 Å². The average molecular weight is 192 g/mol. The molecule has 0 bridgehead atoms. The highest BCUT2D eigenvalue weighted by atomic mass is 15.4. The smallest absolute Gasteiger partial charge is 0.156 e. The fourth-order valence-corrected chi connectivity index (χ4v) is 1.36. The molecule has 2 rings (SSSR count). The van der Waals surface area contributed by atoms with E-state index in [1.54, 1.807) is 17.1 Å². The zero-order valence-corrected chi connectivity index (χ0v) is 7.96. The van der Waals surface area contributed by atoms with Crippen LogP contribution in [0.3, 0.4) is 0 Å². The Balaban J connectivity index is 2.41. The predicted molar refractivity (Wildman–Crippen MR) is 50.9 cm³/mol. The van der Waals surface area contributed by atoms with Gasteiger partial charge in [0.25, 0.3) is 0 Å². The van der Waals surface area contributed by atoms with Crippen molar-refractivity contribution in [2.24, 2.45) is 12.8 Å². The van der Waals surface area contributed by atoms with Crippen LogP contribution in [0.1, 0.15) is 5.82 Å². The Bertz CT molecular complexity index is 415. The number of hydrogen-bond donors (Lipinski definition) is 1. The second kappa shape index (κ2) is 3.59. The molecule has 0 aliphatic heterocycles. The number of nitrogens with two attached hydrogens (primary N) is 1. The minimum atomic E-state index is 0.586. The van der Waals surface area contributed by atoms with Crippen molar-refractivity contribution in [3.05, 3.63) is 24.4 Å². The van der Waals surface area contributed by atoms with Crippen LogP contribution < -0.4 is 5.73 Å². The predicted octanol–water partition coefficient (Wildman–Crippen LogP) is -0.498. The van der Waals surface area contributed by atoms with Gasteiger partial charge < -0.3 is 5.73 Å². The van der Waals surface area contributed by atoms with Gasteiger partial charge in [-0.05, 0) is 6.54 Å². The van der Waals surface area contributed by atoms with Crippen LogP contribution in [0.5, 0.6) is 0 Å². The molecule has 0 aromatic carbocycles. The Morgan fingerprint density at radius 3 is 3.00 bits per heavy atom. The molecule has 14 heavy (non-hydrogen) atoms. The van der Waals surface area contributed by atoms with E-state index in [1.807, 2.05) is 17.8 Å². The van der Waals surface area contributed by atoms with E-state index in [1.165, 1.54) is 0 Å². The summed E-state index contributed by atoms with van der Waals surface area (Å²) in [6, 6.07) is 0. The molecule has 2 aromatic rings. The maximum Gasteiger partial charge on any atom is 0.156 e. The van der Waals surface area contributed by atoms with Gasteiger partial charge in [-0.15, -0.1) is 5.10 Å². The lowest BCUT2D eigenvalue weighted by atomic mass is 10.4. The molecule has 0 unspecified atom stereocenters. The van der Waals surface area contributed by atoms with Crippen LogP contribution in [0.2, 0.25) is 0 Å². The molecule has 0 saturated carbocycles. The Labute approximate surface area is 81.4 Å². The van der Waals surface area contributed by atoms with Gasteiger partial charge in [-0.1, -0.05) is 5.21 Å². The molecule has 0 atom stereocenters. The molecule has 0 saturated heterocycles. The van der Waals surface area contributed by atoms with Crippen molar-refractivity contribution in [2.75, 3.05) is 6.54 Å². The van der Waals surface area contributed by atoms with E-state index in [0.717, 1.165) is 18.1 Å². The molecule has 0 fully saturated rings. The molecule has 2 heterocycles. The van der Waals surface area contributed by atoms with Gasteiger partial charge in [-0.25, -0.2) is 9.67 Å². The Hall–Kier alpha value is -1.69. The average Bonchev–Trinajstić information content (AvgIpc) is 2.74. The molecule has 2 N–H and O–H groups in total. The number of rotatable bonds is 3. The summed E-state index contributed by atoms with van der Waals surface area (Å²) in [4.78, 5) is 4.22. The topological polar surface area (TPSA) is 74.5 Å². The summed E-state index contributed by atoms with van der Waals surface area (Å²) in [7, 11) is 1.84. The molecule has 74 valence electrons. The van der Waals surface area contributed by atoms with Crippen LogP contribution in [0.4, 0.5) is 0 Å². The first-order valence-corrected chi connectivity index (χ1v) is 4.40. The van der Waals surface area contributed by atoms with Crippen LogP contribution >= 0.6 is 0 Å². The van der Waals surface area contributed by atoms with Gasteiger partial charge in [-0.2, -0.15) is 0 Å². The van der Waals surface area contributed by atoms with Crippen molar-refractivity contribution < 1.29 is 0 Å². The minimum Gasteiger partial charge on any atom is -0.330 e. The minimum absolute atomic E-state index is 0.586. The zero-order valence-electron chi connectivity index (χ0n) is 7.96. The molecular formula is C8H12N6. The number of hydrogen-bond acceptors (Lipinski definition) is 4. The summed E-state index contributed by atoms with van der Waals surface area (Å²) in [6.07, 6.45) is 6.07. The van der Waals surface area contributed by atoms with Crippen LogP contribution in [0, 0.1) is 0 Å². The van der Waals surface area contributed by atoms with Crippen molar-refractivity contribution in [3.63, 3.8) is 0 Å². The fourth-order valence-electron chi connectivity index (χ4n) is 1.36. The maximum absolute atomic E-state index is 5.49. The summed E-state index contributed by atoms with van der Waals surface area (Å²) in [5.74, 6) is 1.82. The van der Waals surface area contributed by atoms with Gasteiger partial charge in [0.2, 0.25) is 0 Å². The molecule has 0 radical (unpaired) electrons. The van der Waals surface area contributed by atoms with Crippen molar-refractivity contribution in [1.29, 1.82) is 0 Å². The van der Waals surface area contributed by atoms with Crippen LogP contribution in [0.15, 0.2) is 18.6 Å².